The van der Waals surface area contributed by atoms with Crippen LogP contribution in [0, 0.1) is 0 Å². The quantitative estimate of drug-likeness (QED) is 0.132. The number of nitrogens with one attached hydrogen (secondary N) is 1. The molecule has 266 valence electrons. The van der Waals surface area contributed by atoms with Crippen LogP contribution >= 0.6 is 27.5 Å². The molecule has 2 unspecified atom stereocenters. The van der Waals surface area contributed by atoms with Crippen molar-refractivity contribution in [1.82, 2.24) is 10.2 Å². The molecule has 4 rings (SSSR count). The number of benzene rings is 4. The lowest BCUT2D eigenvalue weighted by molar-refractivity contribution is -0.140. The van der Waals surface area contributed by atoms with Gasteiger partial charge in [0.25, 0.3) is 10.0 Å². The van der Waals surface area contributed by atoms with Gasteiger partial charge in [0, 0.05) is 34.6 Å². The molecule has 0 spiro atoms. The number of hydrogen-bond acceptors (Lipinski definition) is 7. The molecule has 0 aliphatic rings. The van der Waals surface area contributed by atoms with Crippen molar-refractivity contribution in [3.63, 3.8) is 0 Å². The molecular weight excluding hydrogens is 746 g/mol. The highest BCUT2D eigenvalue weighted by Gasteiger charge is 2.36. The van der Waals surface area contributed by atoms with Gasteiger partial charge < -0.3 is 24.4 Å². The molecule has 0 fully saturated rings. The molecule has 50 heavy (non-hydrogen) atoms. The first-order valence-corrected chi connectivity index (χ1v) is 18.5. The average molecular weight is 787 g/mol. The first-order chi connectivity index (χ1) is 23.9. The summed E-state index contributed by atoms with van der Waals surface area (Å²) in [5.41, 5.74) is 1.61. The number of nitrogens with zero attached hydrogens (tertiary/aromatic N) is 2. The van der Waals surface area contributed by atoms with E-state index in [2.05, 4.69) is 21.2 Å². The van der Waals surface area contributed by atoms with Crippen LogP contribution in [0.2, 0.25) is 5.02 Å². The van der Waals surface area contributed by atoms with Gasteiger partial charge >= 0.3 is 0 Å². The molecule has 4 aromatic rings. The number of sulfonamides is 1. The van der Waals surface area contributed by atoms with Crippen molar-refractivity contribution >= 4 is 55.1 Å². The van der Waals surface area contributed by atoms with Gasteiger partial charge in [-0.05, 0) is 66.9 Å². The second-order valence-corrected chi connectivity index (χ2v) is 14.7. The third-order valence-electron chi connectivity index (χ3n) is 8.17. The maximum Gasteiger partial charge on any atom is 0.265 e. The van der Waals surface area contributed by atoms with Crippen molar-refractivity contribution < 1.29 is 32.2 Å². The standard InChI is InChI=1S/C37H41BrClN3O7S/c1-6-25(2)40-37(44)32(20-26-10-8-7-9-11-26)41(23-27-12-14-28(38)15-13-27)36(43)24-42(31-21-29(39)16-18-33(31)47-3)50(45,46)30-17-19-34(48-4)35(22-30)49-5/h7-19,21-22,25,32H,6,20,23-24H2,1-5H3,(H,40,44). The fourth-order valence-corrected chi connectivity index (χ4v) is 7.12. The van der Waals surface area contributed by atoms with Crippen LogP contribution < -0.4 is 23.8 Å². The van der Waals surface area contributed by atoms with Gasteiger partial charge in [-0.3, -0.25) is 13.9 Å². The fraction of sp³-hybridized carbons (Fsp3) is 0.297. The minimum atomic E-state index is -4.49. The Labute approximate surface area is 307 Å². The van der Waals surface area contributed by atoms with E-state index >= 15 is 0 Å². The van der Waals surface area contributed by atoms with Crippen LogP contribution in [-0.4, -0.2) is 65.1 Å². The minimum Gasteiger partial charge on any atom is -0.495 e. The lowest BCUT2D eigenvalue weighted by atomic mass is 10.0. The Morgan fingerprint density at radius 2 is 1.48 bits per heavy atom. The van der Waals surface area contributed by atoms with Crippen LogP contribution in [0.4, 0.5) is 5.69 Å². The molecule has 0 aliphatic heterocycles. The van der Waals surface area contributed by atoms with Gasteiger partial charge in [0.1, 0.15) is 18.3 Å². The van der Waals surface area contributed by atoms with Crippen LogP contribution in [0.1, 0.15) is 31.4 Å². The molecule has 13 heteroatoms. The maximum absolute atomic E-state index is 14.8. The summed E-state index contributed by atoms with van der Waals surface area (Å²) in [6.07, 6.45) is 0.866. The summed E-state index contributed by atoms with van der Waals surface area (Å²) in [4.78, 5) is 30.1. The molecule has 0 saturated heterocycles. The van der Waals surface area contributed by atoms with E-state index < -0.39 is 28.5 Å². The van der Waals surface area contributed by atoms with E-state index in [1.807, 2.05) is 68.4 Å². The number of halogens is 2. The van der Waals surface area contributed by atoms with Gasteiger partial charge in [0.15, 0.2) is 11.5 Å². The topological polar surface area (TPSA) is 114 Å². The van der Waals surface area contributed by atoms with E-state index in [0.29, 0.717) is 12.2 Å². The number of ether oxygens (including phenoxy) is 3. The van der Waals surface area contributed by atoms with Gasteiger partial charge in [0.05, 0.1) is 31.9 Å². The molecule has 4 aromatic carbocycles. The minimum absolute atomic E-state index is 0.0223. The van der Waals surface area contributed by atoms with Crippen molar-refractivity contribution in [2.45, 2.75) is 50.2 Å². The van der Waals surface area contributed by atoms with Crippen molar-refractivity contribution in [1.29, 1.82) is 0 Å². The molecular formula is C37H41BrClN3O7S. The van der Waals surface area contributed by atoms with Gasteiger partial charge in [-0.15, -0.1) is 0 Å². The molecule has 2 amide bonds. The number of rotatable bonds is 16. The summed E-state index contributed by atoms with van der Waals surface area (Å²) in [5, 5.41) is 3.26. The van der Waals surface area contributed by atoms with Crippen LogP contribution in [-0.2, 0) is 32.6 Å². The largest absolute Gasteiger partial charge is 0.495 e. The van der Waals surface area contributed by atoms with E-state index in [-0.39, 0.29) is 52.0 Å². The number of methoxy groups -OCH3 is 3. The maximum atomic E-state index is 14.8. The van der Waals surface area contributed by atoms with Gasteiger partial charge in [-0.25, -0.2) is 8.42 Å². The normalized spacial score (nSPS) is 12.4. The Kier molecular flexibility index (Phi) is 13.6. The van der Waals surface area contributed by atoms with Crippen LogP contribution in [0.5, 0.6) is 17.2 Å². The third-order valence-corrected chi connectivity index (χ3v) is 10.7. The molecule has 0 bridgehead atoms. The van der Waals surface area contributed by atoms with E-state index in [4.69, 9.17) is 25.8 Å². The molecule has 0 aliphatic carbocycles. The highest BCUT2D eigenvalue weighted by molar-refractivity contribution is 9.10. The molecule has 1 N–H and O–H groups in total. The van der Waals surface area contributed by atoms with Crippen molar-refractivity contribution in [3.05, 3.63) is 112 Å². The second kappa shape index (κ2) is 17.6. The number of amides is 2. The van der Waals surface area contributed by atoms with E-state index in [1.54, 1.807) is 6.07 Å². The lowest BCUT2D eigenvalue weighted by Crippen LogP contribution is -2.54. The summed E-state index contributed by atoms with van der Waals surface area (Å²) < 4.78 is 47.2. The molecule has 10 nitrogen and oxygen atoms in total. The molecule has 0 aromatic heterocycles. The van der Waals surface area contributed by atoms with Crippen molar-refractivity contribution in [2.75, 3.05) is 32.2 Å². The van der Waals surface area contributed by atoms with E-state index in [0.717, 1.165) is 19.9 Å². The first-order valence-electron chi connectivity index (χ1n) is 15.9. The monoisotopic (exact) mass is 785 g/mol. The predicted molar refractivity (Wildman–Crippen MR) is 199 cm³/mol. The molecule has 2 atom stereocenters. The summed E-state index contributed by atoms with van der Waals surface area (Å²) in [7, 11) is -0.260. The van der Waals surface area contributed by atoms with Crippen LogP contribution in [0.15, 0.2) is 100 Å². The highest BCUT2D eigenvalue weighted by Crippen LogP contribution is 2.37. The Morgan fingerprint density at radius 1 is 0.840 bits per heavy atom. The van der Waals surface area contributed by atoms with Gasteiger partial charge in [-0.1, -0.05) is 76.9 Å². The zero-order chi connectivity index (χ0) is 36.4. The predicted octanol–water partition coefficient (Wildman–Crippen LogP) is 6.88. The highest BCUT2D eigenvalue weighted by atomic mass is 79.9. The molecule has 0 saturated carbocycles. The zero-order valence-electron chi connectivity index (χ0n) is 28.6. The lowest BCUT2D eigenvalue weighted by Gasteiger charge is -2.34. The third kappa shape index (κ3) is 9.49. The summed E-state index contributed by atoms with van der Waals surface area (Å²) in [6, 6.07) is 24.2. The average Bonchev–Trinajstić information content (AvgIpc) is 3.12. The molecule has 0 heterocycles. The molecule has 0 radical (unpaired) electrons. The Hall–Kier alpha value is -4.26. The van der Waals surface area contributed by atoms with Crippen molar-refractivity contribution in [2.24, 2.45) is 0 Å². The van der Waals surface area contributed by atoms with Crippen LogP contribution in [0.3, 0.4) is 0 Å². The number of carbonyl (C=O) groups is 2. The van der Waals surface area contributed by atoms with Crippen molar-refractivity contribution in [3.8, 4) is 17.2 Å². The van der Waals surface area contributed by atoms with E-state index in [1.165, 1.54) is 56.6 Å². The smallest absolute Gasteiger partial charge is 0.265 e. The van der Waals surface area contributed by atoms with Gasteiger partial charge in [0.2, 0.25) is 11.8 Å². The number of anilines is 1. The Balaban J connectivity index is 1.88. The van der Waals surface area contributed by atoms with E-state index in [9.17, 15) is 18.0 Å². The first kappa shape index (κ1) is 38.5. The second-order valence-electron chi connectivity index (χ2n) is 11.5. The summed E-state index contributed by atoms with van der Waals surface area (Å²) in [5.74, 6) is -0.311. The van der Waals surface area contributed by atoms with Gasteiger partial charge in [-0.2, -0.15) is 0 Å². The summed E-state index contributed by atoms with van der Waals surface area (Å²) >= 11 is 9.85. The Morgan fingerprint density at radius 3 is 2.10 bits per heavy atom. The Bertz CT molecular complexity index is 1880. The van der Waals surface area contributed by atoms with Crippen LogP contribution in [0.25, 0.3) is 0 Å². The number of hydrogen-bond donors (Lipinski definition) is 1. The zero-order valence-corrected chi connectivity index (χ0v) is 31.7. The SMILES string of the molecule is CCC(C)NC(=O)C(Cc1ccccc1)N(Cc1ccc(Br)cc1)C(=O)CN(c1cc(Cl)ccc1OC)S(=O)(=O)c1ccc(OC)c(OC)c1. The summed E-state index contributed by atoms with van der Waals surface area (Å²) in [6.45, 7) is 3.18. The fourth-order valence-electron chi connectivity index (χ4n) is 5.26. The number of carbonyl (C=O) groups excluding carboxylic acids is 2.